The van der Waals surface area contributed by atoms with Gasteiger partial charge in [-0.05, 0) is 39.2 Å². The van der Waals surface area contributed by atoms with Crippen LogP contribution in [0.5, 0.6) is 0 Å². The molecule has 0 spiro atoms. The topological polar surface area (TPSA) is 71.7 Å². The highest BCUT2D eigenvalue weighted by atomic mass is 16.5. The summed E-state index contributed by atoms with van der Waals surface area (Å²) in [4.78, 5) is 20.5. The first kappa shape index (κ1) is 17.4. The zero-order chi connectivity index (χ0) is 15.7. The quantitative estimate of drug-likeness (QED) is 0.723. The van der Waals surface area contributed by atoms with Gasteiger partial charge in [0.1, 0.15) is 0 Å². The number of ether oxygens (including phenoxy) is 1. The summed E-state index contributed by atoms with van der Waals surface area (Å²) in [5, 5.41) is 0. The lowest BCUT2D eigenvalue weighted by molar-refractivity contribution is -0.131. The highest BCUT2D eigenvalue weighted by Gasteiger charge is 2.14. The van der Waals surface area contributed by atoms with E-state index in [1.165, 1.54) is 0 Å². The molecule has 118 valence electrons. The van der Waals surface area contributed by atoms with Gasteiger partial charge in [-0.3, -0.25) is 9.78 Å². The molecule has 0 saturated heterocycles. The van der Waals surface area contributed by atoms with Crippen molar-refractivity contribution in [2.45, 2.75) is 12.8 Å². The molecule has 1 aromatic heterocycles. The third kappa shape index (κ3) is 7.06. The van der Waals surface area contributed by atoms with E-state index in [0.717, 1.165) is 25.2 Å². The summed E-state index contributed by atoms with van der Waals surface area (Å²) < 4.78 is 5.08. The largest absolute Gasteiger partial charge is 0.397 e. The molecule has 6 heteroatoms. The van der Waals surface area contributed by atoms with E-state index < -0.39 is 0 Å². The summed E-state index contributed by atoms with van der Waals surface area (Å²) >= 11 is 0. The molecule has 1 amide bonds. The number of anilines is 1. The molecule has 2 N–H and O–H groups in total. The number of amides is 1. The molecule has 1 rings (SSSR count). The Kier molecular flexibility index (Phi) is 7.71. The monoisotopic (exact) mass is 294 g/mol. The zero-order valence-electron chi connectivity index (χ0n) is 13.2. The number of methoxy groups -OCH3 is 1. The Balaban J connectivity index is 2.54. The molecule has 0 aromatic carbocycles. The normalized spacial score (nSPS) is 10.9. The standard InChI is InChI=1S/C15H26N4O2/c1-18(2)7-4-8-19(9-10-21-3)15(20)11-14-6-5-13(16)12-17-14/h5-6,12H,4,7-11,16H2,1-3H3. The summed E-state index contributed by atoms with van der Waals surface area (Å²) in [6, 6.07) is 3.56. The minimum Gasteiger partial charge on any atom is -0.397 e. The lowest BCUT2D eigenvalue weighted by atomic mass is 10.2. The van der Waals surface area contributed by atoms with Crippen LogP contribution in [0.25, 0.3) is 0 Å². The van der Waals surface area contributed by atoms with Gasteiger partial charge in [0.15, 0.2) is 0 Å². The van der Waals surface area contributed by atoms with E-state index in [1.54, 1.807) is 25.4 Å². The number of carbonyl (C=O) groups excluding carboxylic acids is 1. The van der Waals surface area contributed by atoms with Gasteiger partial charge < -0.3 is 20.3 Å². The fraction of sp³-hybridized carbons (Fsp3) is 0.600. The molecule has 0 fully saturated rings. The number of hydrogen-bond acceptors (Lipinski definition) is 5. The fourth-order valence-electron chi connectivity index (χ4n) is 1.95. The Hall–Kier alpha value is -1.66. The maximum atomic E-state index is 12.4. The third-order valence-corrected chi connectivity index (χ3v) is 3.13. The predicted octanol–water partition coefficient (Wildman–Crippen LogP) is 0.633. The van der Waals surface area contributed by atoms with Gasteiger partial charge in [-0.1, -0.05) is 0 Å². The van der Waals surface area contributed by atoms with Crippen molar-refractivity contribution in [1.29, 1.82) is 0 Å². The van der Waals surface area contributed by atoms with Crippen LogP contribution in [0.1, 0.15) is 12.1 Å². The van der Waals surface area contributed by atoms with E-state index in [9.17, 15) is 4.79 Å². The van der Waals surface area contributed by atoms with E-state index in [2.05, 4.69) is 9.88 Å². The van der Waals surface area contributed by atoms with Crippen molar-refractivity contribution in [2.24, 2.45) is 0 Å². The molecule has 0 unspecified atom stereocenters. The number of rotatable bonds is 9. The van der Waals surface area contributed by atoms with Crippen LogP contribution in [0, 0.1) is 0 Å². The van der Waals surface area contributed by atoms with Crippen molar-refractivity contribution >= 4 is 11.6 Å². The smallest absolute Gasteiger partial charge is 0.228 e. The van der Waals surface area contributed by atoms with Crippen LogP contribution in [0.2, 0.25) is 0 Å². The summed E-state index contributed by atoms with van der Waals surface area (Å²) in [7, 11) is 5.70. The average Bonchev–Trinajstić information content (AvgIpc) is 2.44. The van der Waals surface area contributed by atoms with Crippen molar-refractivity contribution < 1.29 is 9.53 Å². The lowest BCUT2D eigenvalue weighted by Gasteiger charge is -2.23. The molecule has 0 saturated carbocycles. The highest BCUT2D eigenvalue weighted by Crippen LogP contribution is 2.05. The third-order valence-electron chi connectivity index (χ3n) is 3.13. The maximum absolute atomic E-state index is 12.4. The minimum atomic E-state index is 0.0723. The number of nitrogens with zero attached hydrogens (tertiary/aromatic N) is 3. The number of aromatic nitrogens is 1. The van der Waals surface area contributed by atoms with Crippen LogP contribution >= 0.6 is 0 Å². The van der Waals surface area contributed by atoms with E-state index in [1.807, 2.05) is 19.0 Å². The van der Waals surface area contributed by atoms with Crippen LogP contribution in [0.4, 0.5) is 5.69 Å². The predicted molar refractivity (Wildman–Crippen MR) is 84.0 cm³/mol. The van der Waals surface area contributed by atoms with E-state index in [0.29, 0.717) is 25.3 Å². The summed E-state index contributed by atoms with van der Waals surface area (Å²) in [6.45, 7) is 2.84. The second kappa shape index (κ2) is 9.31. The number of nitrogens with two attached hydrogens (primary N) is 1. The number of hydrogen-bond donors (Lipinski definition) is 1. The molecule has 0 aliphatic rings. The van der Waals surface area contributed by atoms with E-state index in [4.69, 9.17) is 10.5 Å². The van der Waals surface area contributed by atoms with Crippen molar-refractivity contribution in [1.82, 2.24) is 14.8 Å². The van der Waals surface area contributed by atoms with Gasteiger partial charge in [0.2, 0.25) is 5.91 Å². The van der Waals surface area contributed by atoms with Crippen LogP contribution in [-0.4, -0.2) is 68.1 Å². The molecule has 6 nitrogen and oxygen atoms in total. The molecule has 0 radical (unpaired) electrons. The molecule has 21 heavy (non-hydrogen) atoms. The Labute approximate surface area is 126 Å². The molecular formula is C15H26N4O2. The van der Waals surface area contributed by atoms with Crippen molar-refractivity contribution in [3.8, 4) is 0 Å². The second-order valence-corrected chi connectivity index (χ2v) is 5.29. The van der Waals surface area contributed by atoms with Gasteiger partial charge in [-0.15, -0.1) is 0 Å². The molecule has 0 bridgehead atoms. The van der Waals surface area contributed by atoms with Crippen LogP contribution in [-0.2, 0) is 16.0 Å². The van der Waals surface area contributed by atoms with Crippen molar-refractivity contribution in [2.75, 3.05) is 53.2 Å². The summed E-state index contributed by atoms with van der Waals surface area (Å²) in [5.41, 5.74) is 6.94. The van der Waals surface area contributed by atoms with Gasteiger partial charge in [-0.2, -0.15) is 0 Å². The number of nitrogen functional groups attached to an aromatic ring is 1. The Morgan fingerprint density at radius 2 is 2.05 bits per heavy atom. The number of carbonyl (C=O) groups is 1. The molecule has 0 atom stereocenters. The lowest BCUT2D eigenvalue weighted by Crippen LogP contribution is -2.37. The number of pyridine rings is 1. The second-order valence-electron chi connectivity index (χ2n) is 5.29. The molecule has 0 aliphatic heterocycles. The Morgan fingerprint density at radius 3 is 2.62 bits per heavy atom. The van der Waals surface area contributed by atoms with Gasteiger partial charge in [0.05, 0.1) is 24.9 Å². The molecular weight excluding hydrogens is 268 g/mol. The minimum absolute atomic E-state index is 0.0723. The van der Waals surface area contributed by atoms with Gasteiger partial charge >= 0.3 is 0 Å². The van der Waals surface area contributed by atoms with Gasteiger partial charge in [-0.25, -0.2) is 0 Å². The van der Waals surface area contributed by atoms with Gasteiger partial charge in [0, 0.05) is 25.9 Å². The molecule has 1 heterocycles. The Morgan fingerprint density at radius 1 is 1.29 bits per heavy atom. The first-order chi connectivity index (χ1) is 10.0. The maximum Gasteiger partial charge on any atom is 0.228 e. The fourth-order valence-corrected chi connectivity index (χ4v) is 1.95. The summed E-state index contributed by atoms with van der Waals surface area (Å²) in [5.74, 6) is 0.0723. The first-order valence-corrected chi connectivity index (χ1v) is 7.14. The van der Waals surface area contributed by atoms with Gasteiger partial charge in [0.25, 0.3) is 0 Å². The highest BCUT2D eigenvalue weighted by molar-refractivity contribution is 5.78. The van der Waals surface area contributed by atoms with Crippen molar-refractivity contribution in [3.63, 3.8) is 0 Å². The van der Waals surface area contributed by atoms with Crippen LogP contribution < -0.4 is 5.73 Å². The van der Waals surface area contributed by atoms with Crippen LogP contribution in [0.3, 0.4) is 0 Å². The zero-order valence-corrected chi connectivity index (χ0v) is 13.2. The average molecular weight is 294 g/mol. The van der Waals surface area contributed by atoms with E-state index in [-0.39, 0.29) is 5.91 Å². The molecule has 1 aromatic rings. The summed E-state index contributed by atoms with van der Waals surface area (Å²) in [6.07, 6.45) is 2.82. The SMILES string of the molecule is COCCN(CCCN(C)C)C(=O)Cc1ccc(N)cn1. The van der Waals surface area contributed by atoms with Crippen molar-refractivity contribution in [3.05, 3.63) is 24.0 Å². The first-order valence-electron chi connectivity index (χ1n) is 7.14. The van der Waals surface area contributed by atoms with Crippen LogP contribution in [0.15, 0.2) is 18.3 Å². The Bertz CT molecular complexity index is 420. The molecule has 0 aliphatic carbocycles. The van der Waals surface area contributed by atoms with E-state index >= 15 is 0 Å².